The molecule has 0 aromatic carbocycles. The van der Waals surface area contributed by atoms with Crippen molar-refractivity contribution in [3.05, 3.63) is 30.0 Å². The predicted molar refractivity (Wildman–Crippen MR) is 63.7 cm³/mol. The van der Waals surface area contributed by atoms with Gasteiger partial charge in [0, 0.05) is 36.2 Å². The van der Waals surface area contributed by atoms with Crippen LogP contribution in [0.3, 0.4) is 0 Å². The van der Waals surface area contributed by atoms with E-state index in [0.29, 0.717) is 5.92 Å². The number of nitrogens with zero attached hydrogens (tertiary/aromatic N) is 3. The van der Waals surface area contributed by atoms with Crippen LogP contribution in [0.25, 0.3) is 11.0 Å². The molecule has 0 N–H and O–H groups in total. The van der Waals surface area contributed by atoms with Gasteiger partial charge in [0.15, 0.2) is 5.65 Å². The number of fused-ring (bicyclic) bond motifs is 6. The summed E-state index contributed by atoms with van der Waals surface area (Å²) in [6.07, 6.45) is 4.43. The Balaban J connectivity index is 2.01. The first-order valence-corrected chi connectivity index (χ1v) is 5.92. The Morgan fingerprint density at radius 3 is 3.38 bits per heavy atom. The summed E-state index contributed by atoms with van der Waals surface area (Å²) >= 11 is 0. The number of aromatic nitrogens is 2. The minimum Gasteiger partial charge on any atom is -0.356 e. The van der Waals surface area contributed by atoms with Crippen molar-refractivity contribution in [3.63, 3.8) is 0 Å². The maximum atomic E-state index is 4.71. The Kier molecular flexibility index (Phi) is 1.56. The Bertz CT molecular complexity index is 516. The first-order valence-electron chi connectivity index (χ1n) is 5.92. The van der Waals surface area contributed by atoms with Gasteiger partial charge in [-0.25, -0.2) is 9.97 Å². The standard InChI is InChI=1S/C13H13N3/c1-3-9-7-11-10-4-2-6-16(8-10)13(11)15-12(9)14-5-1/h1,3,5,7,10H,2,4,6,8H2. The molecule has 0 saturated carbocycles. The van der Waals surface area contributed by atoms with Crippen LogP contribution in [-0.2, 0) is 0 Å². The van der Waals surface area contributed by atoms with Gasteiger partial charge in [-0.15, -0.1) is 0 Å². The maximum Gasteiger partial charge on any atom is 0.161 e. The third kappa shape index (κ3) is 1.03. The van der Waals surface area contributed by atoms with Gasteiger partial charge in [-0.1, -0.05) is 0 Å². The number of piperidine rings is 1. The van der Waals surface area contributed by atoms with Crippen LogP contribution < -0.4 is 4.90 Å². The van der Waals surface area contributed by atoms with E-state index >= 15 is 0 Å². The van der Waals surface area contributed by atoms with E-state index in [2.05, 4.69) is 22.0 Å². The summed E-state index contributed by atoms with van der Waals surface area (Å²) in [4.78, 5) is 11.5. The first kappa shape index (κ1) is 8.50. The smallest absolute Gasteiger partial charge is 0.161 e. The molecule has 4 heterocycles. The Labute approximate surface area is 94.1 Å². The molecule has 0 amide bonds. The highest BCUT2D eigenvalue weighted by Crippen LogP contribution is 2.41. The summed E-state index contributed by atoms with van der Waals surface area (Å²) in [7, 11) is 0. The van der Waals surface area contributed by atoms with Crippen molar-refractivity contribution in [2.75, 3.05) is 18.0 Å². The fourth-order valence-corrected chi connectivity index (χ4v) is 2.99. The van der Waals surface area contributed by atoms with Crippen LogP contribution in [0.15, 0.2) is 24.4 Å². The van der Waals surface area contributed by atoms with Gasteiger partial charge in [0.05, 0.1) is 0 Å². The zero-order chi connectivity index (χ0) is 10.5. The Hall–Kier alpha value is -1.64. The highest BCUT2D eigenvalue weighted by atomic mass is 15.2. The monoisotopic (exact) mass is 211 g/mol. The summed E-state index contributed by atoms with van der Waals surface area (Å²) < 4.78 is 0. The second-order valence-electron chi connectivity index (χ2n) is 4.74. The largest absolute Gasteiger partial charge is 0.356 e. The topological polar surface area (TPSA) is 29.0 Å². The van der Waals surface area contributed by atoms with Crippen molar-refractivity contribution in [1.29, 1.82) is 0 Å². The quantitative estimate of drug-likeness (QED) is 0.669. The number of pyridine rings is 2. The van der Waals surface area contributed by atoms with Crippen LogP contribution in [0.5, 0.6) is 0 Å². The summed E-state index contributed by atoms with van der Waals surface area (Å²) in [5.74, 6) is 1.90. The molecule has 2 aromatic heterocycles. The SMILES string of the molecule is c1cnc2nc3c(cc2c1)C1CCCN3C1. The molecule has 1 saturated heterocycles. The number of hydrogen-bond donors (Lipinski definition) is 0. The van der Waals surface area contributed by atoms with Crippen LogP contribution >= 0.6 is 0 Å². The molecule has 3 nitrogen and oxygen atoms in total. The second kappa shape index (κ2) is 2.94. The predicted octanol–water partition coefficient (Wildman–Crippen LogP) is 2.33. The third-order valence-electron chi connectivity index (χ3n) is 3.76. The van der Waals surface area contributed by atoms with Crippen molar-refractivity contribution >= 4 is 16.9 Å². The highest BCUT2D eigenvalue weighted by Gasteiger charge is 2.33. The van der Waals surface area contributed by atoms with Crippen LogP contribution in [0.4, 0.5) is 5.82 Å². The molecule has 0 aliphatic carbocycles. The zero-order valence-corrected chi connectivity index (χ0v) is 9.06. The molecule has 0 radical (unpaired) electrons. The molecule has 2 aliphatic heterocycles. The molecule has 16 heavy (non-hydrogen) atoms. The fourth-order valence-electron chi connectivity index (χ4n) is 2.99. The number of hydrogen-bond acceptors (Lipinski definition) is 3. The number of rotatable bonds is 0. The minimum atomic E-state index is 0.709. The molecule has 4 rings (SSSR count). The molecular formula is C13H13N3. The van der Waals surface area contributed by atoms with Gasteiger partial charge in [0.1, 0.15) is 5.82 Å². The van der Waals surface area contributed by atoms with Gasteiger partial charge in [-0.2, -0.15) is 0 Å². The average Bonchev–Trinajstić information content (AvgIpc) is 2.59. The lowest BCUT2D eigenvalue weighted by Gasteiger charge is -2.23. The van der Waals surface area contributed by atoms with Crippen molar-refractivity contribution in [2.45, 2.75) is 18.8 Å². The molecule has 1 fully saturated rings. The first-order chi connectivity index (χ1) is 7.92. The van der Waals surface area contributed by atoms with E-state index in [1.165, 1.54) is 36.2 Å². The van der Waals surface area contributed by atoms with Crippen molar-refractivity contribution < 1.29 is 0 Å². The maximum absolute atomic E-state index is 4.71. The lowest BCUT2D eigenvalue weighted by molar-refractivity contribution is 0.545. The minimum absolute atomic E-state index is 0.709. The molecule has 80 valence electrons. The molecular weight excluding hydrogens is 198 g/mol. The molecule has 1 unspecified atom stereocenters. The molecule has 2 bridgehead atoms. The van der Waals surface area contributed by atoms with Crippen LogP contribution in [0, 0.1) is 0 Å². The van der Waals surface area contributed by atoms with E-state index in [1.807, 2.05) is 12.3 Å². The number of anilines is 1. The summed E-state index contributed by atoms with van der Waals surface area (Å²) in [6, 6.07) is 6.38. The van der Waals surface area contributed by atoms with Gasteiger partial charge in [0.25, 0.3) is 0 Å². The van der Waals surface area contributed by atoms with E-state index in [0.717, 1.165) is 12.2 Å². The molecule has 2 aromatic rings. The van der Waals surface area contributed by atoms with Crippen LogP contribution in [-0.4, -0.2) is 23.1 Å². The fraction of sp³-hybridized carbons (Fsp3) is 0.385. The van der Waals surface area contributed by atoms with Crippen molar-refractivity contribution in [2.24, 2.45) is 0 Å². The van der Waals surface area contributed by atoms with Crippen molar-refractivity contribution in [1.82, 2.24) is 9.97 Å². The Morgan fingerprint density at radius 1 is 1.38 bits per heavy atom. The summed E-state index contributed by atoms with van der Waals surface area (Å²) in [5.41, 5.74) is 2.33. The highest BCUT2D eigenvalue weighted by molar-refractivity contribution is 5.79. The molecule has 3 heteroatoms. The van der Waals surface area contributed by atoms with E-state index in [1.54, 1.807) is 0 Å². The van der Waals surface area contributed by atoms with Gasteiger partial charge < -0.3 is 4.90 Å². The second-order valence-corrected chi connectivity index (χ2v) is 4.74. The van der Waals surface area contributed by atoms with Gasteiger partial charge >= 0.3 is 0 Å². The molecule has 0 spiro atoms. The van der Waals surface area contributed by atoms with Crippen LogP contribution in [0.1, 0.15) is 24.3 Å². The molecule has 2 aliphatic rings. The molecule has 1 atom stereocenters. The average molecular weight is 211 g/mol. The summed E-state index contributed by atoms with van der Waals surface area (Å²) in [5, 5.41) is 1.18. The van der Waals surface area contributed by atoms with E-state index in [-0.39, 0.29) is 0 Å². The lowest BCUT2D eigenvalue weighted by atomic mass is 9.96. The van der Waals surface area contributed by atoms with E-state index < -0.39 is 0 Å². The normalized spacial score (nSPS) is 22.5. The third-order valence-corrected chi connectivity index (χ3v) is 3.76. The van der Waals surface area contributed by atoms with E-state index in [4.69, 9.17) is 4.98 Å². The van der Waals surface area contributed by atoms with Gasteiger partial charge in [-0.3, -0.25) is 0 Å². The summed E-state index contributed by atoms with van der Waals surface area (Å²) in [6.45, 7) is 2.33. The Morgan fingerprint density at radius 2 is 2.38 bits per heavy atom. The van der Waals surface area contributed by atoms with Gasteiger partial charge in [-0.05, 0) is 31.0 Å². The van der Waals surface area contributed by atoms with Crippen molar-refractivity contribution in [3.8, 4) is 0 Å². The van der Waals surface area contributed by atoms with Crippen LogP contribution in [0.2, 0.25) is 0 Å². The van der Waals surface area contributed by atoms with Gasteiger partial charge in [0.2, 0.25) is 0 Å². The lowest BCUT2D eigenvalue weighted by Crippen LogP contribution is -2.27. The zero-order valence-electron chi connectivity index (χ0n) is 9.06. The van der Waals surface area contributed by atoms with E-state index in [9.17, 15) is 0 Å².